The van der Waals surface area contributed by atoms with E-state index in [0.29, 0.717) is 0 Å². The summed E-state index contributed by atoms with van der Waals surface area (Å²) >= 11 is 0. The van der Waals surface area contributed by atoms with E-state index in [4.69, 9.17) is 42.6 Å². The van der Waals surface area contributed by atoms with E-state index in [1.54, 1.807) is 0 Å². The van der Waals surface area contributed by atoms with Crippen LogP contribution in [0.3, 0.4) is 0 Å². The molecule has 5 aliphatic rings. The summed E-state index contributed by atoms with van der Waals surface area (Å²) in [5.41, 5.74) is 0. The van der Waals surface area contributed by atoms with Gasteiger partial charge < -0.3 is 129 Å². The maximum atomic E-state index is 11.1. The highest BCUT2D eigenvalue weighted by molar-refractivity contribution is 4.99. The second kappa shape index (κ2) is 19.6. The molecule has 26 nitrogen and oxygen atoms in total. The molecule has 0 aromatic rings. The van der Waals surface area contributed by atoms with Crippen molar-refractivity contribution in [1.29, 1.82) is 0 Å². The summed E-state index contributed by atoms with van der Waals surface area (Å²) in [5, 5.41) is 176. The average Bonchev–Trinajstić information content (AvgIpc) is 3.19. The van der Waals surface area contributed by atoms with Crippen molar-refractivity contribution >= 4 is 0 Å². The van der Waals surface area contributed by atoms with E-state index in [-0.39, 0.29) is 0 Å². The van der Waals surface area contributed by atoms with E-state index in [1.807, 2.05) is 0 Å². The minimum absolute atomic E-state index is 0.811. The quantitative estimate of drug-likeness (QED) is 0.0819. The lowest BCUT2D eigenvalue weighted by atomic mass is 9.95. The Hall–Kier alpha value is -1.04. The first kappa shape index (κ1) is 46.0. The predicted octanol–water partition coefficient (Wildman–Crippen LogP) is -11.9. The summed E-state index contributed by atoms with van der Waals surface area (Å²) in [6.45, 7) is -4.51. The van der Waals surface area contributed by atoms with Gasteiger partial charge in [0.1, 0.15) is 122 Å². The fourth-order valence-corrected chi connectivity index (χ4v) is 7.03. The first-order chi connectivity index (χ1) is 26.5. The van der Waals surface area contributed by atoms with E-state index in [2.05, 4.69) is 0 Å². The van der Waals surface area contributed by atoms with Gasteiger partial charge in [0.15, 0.2) is 31.5 Å². The number of rotatable bonds is 13. The van der Waals surface area contributed by atoms with Crippen molar-refractivity contribution in [2.75, 3.05) is 33.0 Å². The van der Waals surface area contributed by atoms with Crippen LogP contribution in [-0.4, -0.2) is 273 Å². The summed E-state index contributed by atoms with van der Waals surface area (Å²) in [4.78, 5) is 0. The SMILES string of the molecule is OC[C@H]1O[C@H](O[C@H]2[C@H](O)[C@@H](O)[C@@H](O[C@H]3[C@H](O)[C@@H](O)[C@@H](O[C@H]4[C@H](O)[C@@H](O)[C@H](O[C@H]5[C@H](O)[C@@H](O)[C@H](O)O[C@@H]5CO)O[C@@H]4CO)O[C@@H]3CO)O[C@@H]2CO)[C@H](O)[C@@H](O)[C@@H]1O. The van der Waals surface area contributed by atoms with Crippen LogP contribution in [0.1, 0.15) is 0 Å². The number of hydrogen-bond donors (Lipinski definition) is 17. The van der Waals surface area contributed by atoms with E-state index in [0.717, 1.165) is 0 Å². The van der Waals surface area contributed by atoms with Crippen molar-refractivity contribution in [1.82, 2.24) is 0 Å². The van der Waals surface area contributed by atoms with Crippen LogP contribution in [0.25, 0.3) is 0 Å². The van der Waals surface area contributed by atoms with Gasteiger partial charge in [0.05, 0.1) is 33.0 Å². The van der Waals surface area contributed by atoms with E-state index >= 15 is 0 Å². The van der Waals surface area contributed by atoms with Gasteiger partial charge in [-0.15, -0.1) is 0 Å². The third kappa shape index (κ3) is 9.16. The molecule has 0 unspecified atom stereocenters. The van der Waals surface area contributed by atoms with Gasteiger partial charge in [-0.25, -0.2) is 0 Å². The molecule has 0 bridgehead atoms. The second-order valence-corrected chi connectivity index (χ2v) is 13.9. The van der Waals surface area contributed by atoms with Crippen molar-refractivity contribution in [3.05, 3.63) is 0 Å². The maximum Gasteiger partial charge on any atom is 0.187 e. The van der Waals surface area contributed by atoms with Gasteiger partial charge in [-0.3, -0.25) is 0 Å². The molecule has 0 radical (unpaired) electrons. The predicted molar refractivity (Wildman–Crippen MR) is 167 cm³/mol. The highest BCUT2D eigenvalue weighted by Gasteiger charge is 2.56. The Morgan fingerprint density at radius 1 is 0.268 bits per heavy atom. The largest absolute Gasteiger partial charge is 0.394 e. The molecule has 0 saturated carbocycles. The Labute approximate surface area is 316 Å². The number of hydrogen-bond acceptors (Lipinski definition) is 26. The number of aliphatic hydroxyl groups excluding tert-OH is 17. The fraction of sp³-hybridized carbons (Fsp3) is 1.00. The normalized spacial score (nSPS) is 53.2. The molecule has 5 heterocycles. The van der Waals surface area contributed by atoms with E-state index in [1.165, 1.54) is 0 Å². The number of aliphatic hydroxyl groups is 17. The van der Waals surface area contributed by atoms with Crippen LogP contribution in [0, 0.1) is 0 Å². The zero-order chi connectivity index (χ0) is 41.3. The van der Waals surface area contributed by atoms with Crippen LogP contribution in [-0.2, 0) is 42.6 Å². The molecule has 0 aromatic carbocycles. The first-order valence-electron chi connectivity index (χ1n) is 17.6. The lowest BCUT2D eigenvalue weighted by Gasteiger charge is -2.49. The molecule has 17 N–H and O–H groups in total. The van der Waals surface area contributed by atoms with Crippen LogP contribution in [0.15, 0.2) is 0 Å². The molecule has 5 saturated heterocycles. The summed E-state index contributed by atoms with van der Waals surface area (Å²) in [6.07, 6.45) is -45.8. The molecule has 0 aromatic heterocycles. The third-order valence-electron chi connectivity index (χ3n) is 10.3. The zero-order valence-corrected chi connectivity index (χ0v) is 29.2. The van der Waals surface area contributed by atoms with E-state index < -0.39 is 187 Å². The van der Waals surface area contributed by atoms with Crippen molar-refractivity contribution in [2.45, 2.75) is 154 Å². The Morgan fingerprint density at radius 3 is 0.821 bits per heavy atom. The topological polar surface area (TPSA) is 427 Å². The molecule has 328 valence electrons. The Kier molecular flexibility index (Phi) is 16.1. The standard InChI is InChI=1S/C30H52O26/c31-1-6-11(36)12(37)18(43)27(49-6)54-23-8(3-33)51-29(20(45)14(23)39)56-25-10(5-35)52-30(21(46)16(25)41)55-24-9(4-34)50-28(19(44)15(24)40)53-22-7(2-32)48-26(47)17(42)13(22)38/h6-47H,1-5H2/t6-,7-,8-,9-,10-,11-,12+,13-,14-,15-,16-,17-,18-,19-,20-,21-,22-,23-,24-,25-,26-,27-,28+,29-,30-/m1/s1. The van der Waals surface area contributed by atoms with Gasteiger partial charge in [0, 0.05) is 0 Å². The summed E-state index contributed by atoms with van der Waals surface area (Å²) in [5.74, 6) is 0. The van der Waals surface area contributed by atoms with Gasteiger partial charge >= 0.3 is 0 Å². The molecule has 25 atom stereocenters. The molecule has 5 aliphatic heterocycles. The van der Waals surface area contributed by atoms with Gasteiger partial charge in [0.2, 0.25) is 0 Å². The summed E-state index contributed by atoms with van der Waals surface area (Å²) in [6, 6.07) is 0. The van der Waals surface area contributed by atoms with Crippen molar-refractivity contribution in [3.63, 3.8) is 0 Å². The highest BCUT2D eigenvalue weighted by atomic mass is 16.8. The van der Waals surface area contributed by atoms with Crippen LogP contribution >= 0.6 is 0 Å². The van der Waals surface area contributed by atoms with Crippen LogP contribution in [0.4, 0.5) is 0 Å². The van der Waals surface area contributed by atoms with Crippen LogP contribution in [0.2, 0.25) is 0 Å². The molecule has 0 aliphatic carbocycles. The maximum absolute atomic E-state index is 11.1. The van der Waals surface area contributed by atoms with Crippen LogP contribution in [0.5, 0.6) is 0 Å². The van der Waals surface area contributed by atoms with Gasteiger partial charge in [-0.1, -0.05) is 0 Å². The summed E-state index contributed by atoms with van der Waals surface area (Å²) < 4.78 is 49.1. The monoisotopic (exact) mass is 828 g/mol. The molecular weight excluding hydrogens is 776 g/mol. The number of ether oxygens (including phenoxy) is 9. The Morgan fingerprint density at radius 2 is 0.518 bits per heavy atom. The fourth-order valence-electron chi connectivity index (χ4n) is 7.03. The molecule has 0 spiro atoms. The van der Waals surface area contributed by atoms with Gasteiger partial charge in [-0.05, 0) is 0 Å². The Bertz CT molecular complexity index is 1200. The molecule has 26 heteroatoms. The van der Waals surface area contributed by atoms with Crippen LogP contribution < -0.4 is 0 Å². The first-order valence-corrected chi connectivity index (χ1v) is 17.6. The molecule has 56 heavy (non-hydrogen) atoms. The minimum Gasteiger partial charge on any atom is -0.394 e. The minimum atomic E-state index is -2.12. The summed E-state index contributed by atoms with van der Waals surface area (Å²) in [7, 11) is 0. The molecule has 0 amide bonds. The van der Waals surface area contributed by atoms with Gasteiger partial charge in [0.25, 0.3) is 0 Å². The Balaban J connectivity index is 1.22. The lowest BCUT2D eigenvalue weighted by Crippen LogP contribution is -2.68. The molecule has 5 rings (SSSR count). The molecule has 5 fully saturated rings. The van der Waals surface area contributed by atoms with E-state index in [9.17, 15) is 86.8 Å². The second-order valence-electron chi connectivity index (χ2n) is 13.9. The van der Waals surface area contributed by atoms with Crippen molar-refractivity contribution < 1.29 is 129 Å². The van der Waals surface area contributed by atoms with Gasteiger partial charge in [-0.2, -0.15) is 0 Å². The smallest absolute Gasteiger partial charge is 0.187 e. The highest BCUT2D eigenvalue weighted by Crippen LogP contribution is 2.35. The third-order valence-corrected chi connectivity index (χ3v) is 10.3. The molecular formula is C30H52O26. The van der Waals surface area contributed by atoms with Crippen molar-refractivity contribution in [2.24, 2.45) is 0 Å². The lowest BCUT2D eigenvalue weighted by molar-refractivity contribution is -0.392. The zero-order valence-electron chi connectivity index (χ0n) is 29.2. The van der Waals surface area contributed by atoms with Crippen molar-refractivity contribution in [3.8, 4) is 0 Å². The average molecular weight is 829 g/mol.